The van der Waals surface area contributed by atoms with E-state index in [-0.39, 0.29) is 5.04 Å². The van der Waals surface area contributed by atoms with Crippen LogP contribution in [0.2, 0.25) is 18.1 Å². The van der Waals surface area contributed by atoms with E-state index in [1.165, 1.54) is 0 Å². The summed E-state index contributed by atoms with van der Waals surface area (Å²) >= 11 is 0. The Hall–Kier alpha value is -1.30. The summed E-state index contributed by atoms with van der Waals surface area (Å²) in [6.45, 7) is 20.7. The second-order valence-corrected chi connectivity index (χ2v) is 16.4. The Morgan fingerprint density at radius 2 is 1.57 bits per heavy atom. The van der Waals surface area contributed by atoms with E-state index in [0.717, 1.165) is 43.6 Å². The molecule has 1 aromatic rings. The number of hydrogen-bond donors (Lipinski definition) is 1. The van der Waals surface area contributed by atoms with E-state index in [1.54, 1.807) is 7.11 Å². The summed E-state index contributed by atoms with van der Waals surface area (Å²) in [5, 5.41) is 12.0. The number of rotatable bonds is 16. The summed E-state index contributed by atoms with van der Waals surface area (Å²) in [4.78, 5) is 0. The number of aliphatic hydroxyl groups is 1. The number of hydrogen-bond acceptors (Lipinski definition) is 4. The van der Waals surface area contributed by atoms with Gasteiger partial charge in [-0.1, -0.05) is 60.6 Å². The molecule has 1 unspecified atom stereocenters. The maximum Gasteiger partial charge on any atom is 0.192 e. The molecule has 0 heterocycles. The number of allylic oxidation sites excluding steroid dienone is 2. The highest BCUT2D eigenvalue weighted by molar-refractivity contribution is 6.74. The van der Waals surface area contributed by atoms with Crippen LogP contribution < -0.4 is 9.47 Å². The molecule has 1 aromatic carbocycles. The number of ether oxygens (including phenoxy) is 2. The molecule has 0 spiro atoms. The Morgan fingerprint density at radius 1 is 0.971 bits per heavy atom. The van der Waals surface area contributed by atoms with Gasteiger partial charge in [0.2, 0.25) is 0 Å². The molecule has 202 valence electrons. The molecular weight excluding hydrogens is 452 g/mol. The van der Waals surface area contributed by atoms with Crippen molar-refractivity contribution in [2.24, 2.45) is 5.92 Å². The SMILES string of the molecule is CC/C=C/[C@@H](CC)CC(O)(CC)C[C@@](CC)(CCOc1ccc(OC)cc1)O[Si](C)(C)C(C)(C)C. The molecule has 0 saturated heterocycles. The Kier molecular flexibility index (Phi) is 12.6. The van der Waals surface area contributed by atoms with Crippen molar-refractivity contribution in [2.75, 3.05) is 13.7 Å². The molecule has 35 heavy (non-hydrogen) atoms. The van der Waals surface area contributed by atoms with E-state index >= 15 is 0 Å². The average Bonchev–Trinajstić information content (AvgIpc) is 2.81. The highest BCUT2D eigenvalue weighted by atomic mass is 28.4. The lowest BCUT2D eigenvalue weighted by atomic mass is 9.76. The van der Waals surface area contributed by atoms with Crippen molar-refractivity contribution in [1.82, 2.24) is 0 Å². The minimum Gasteiger partial charge on any atom is -0.497 e. The van der Waals surface area contributed by atoms with E-state index in [1.807, 2.05) is 24.3 Å². The summed E-state index contributed by atoms with van der Waals surface area (Å²) < 4.78 is 18.6. The van der Waals surface area contributed by atoms with Crippen molar-refractivity contribution >= 4 is 8.32 Å². The monoisotopic (exact) mass is 506 g/mol. The highest BCUT2D eigenvalue weighted by Gasteiger charge is 2.47. The number of methoxy groups -OCH3 is 1. The molecule has 0 aromatic heterocycles. The van der Waals surface area contributed by atoms with Crippen molar-refractivity contribution in [3.63, 3.8) is 0 Å². The second kappa shape index (κ2) is 13.9. The van der Waals surface area contributed by atoms with E-state index in [4.69, 9.17) is 13.9 Å². The van der Waals surface area contributed by atoms with Crippen LogP contribution in [0.3, 0.4) is 0 Å². The molecular formula is C30H54O4Si. The summed E-state index contributed by atoms with van der Waals surface area (Å²) in [6.07, 6.45) is 10.3. The first-order chi connectivity index (χ1) is 16.3. The van der Waals surface area contributed by atoms with Crippen molar-refractivity contribution in [3.05, 3.63) is 36.4 Å². The van der Waals surface area contributed by atoms with Crippen LogP contribution in [0.15, 0.2) is 36.4 Å². The third kappa shape index (κ3) is 9.93. The second-order valence-electron chi connectivity index (χ2n) is 11.6. The lowest BCUT2D eigenvalue weighted by Gasteiger charge is -2.48. The molecule has 1 rings (SSSR count). The molecule has 3 atom stereocenters. The Morgan fingerprint density at radius 3 is 2.03 bits per heavy atom. The summed E-state index contributed by atoms with van der Waals surface area (Å²) in [5.41, 5.74) is -1.22. The van der Waals surface area contributed by atoms with E-state index in [2.05, 4.69) is 73.7 Å². The van der Waals surface area contributed by atoms with Gasteiger partial charge >= 0.3 is 0 Å². The van der Waals surface area contributed by atoms with Crippen LogP contribution in [0.4, 0.5) is 0 Å². The molecule has 4 nitrogen and oxygen atoms in total. The van der Waals surface area contributed by atoms with Gasteiger partial charge in [0.15, 0.2) is 8.32 Å². The molecule has 0 fully saturated rings. The zero-order valence-electron chi connectivity index (χ0n) is 24.4. The Balaban J connectivity index is 3.20. The van der Waals surface area contributed by atoms with E-state index in [9.17, 15) is 5.11 Å². The van der Waals surface area contributed by atoms with Crippen LogP contribution >= 0.6 is 0 Å². The summed E-state index contributed by atoms with van der Waals surface area (Å²) in [5.74, 6) is 2.01. The van der Waals surface area contributed by atoms with Gasteiger partial charge < -0.3 is 19.0 Å². The van der Waals surface area contributed by atoms with E-state index < -0.39 is 19.5 Å². The lowest BCUT2D eigenvalue weighted by Crippen LogP contribution is -2.53. The fraction of sp³-hybridized carbons (Fsp3) is 0.733. The predicted octanol–water partition coefficient (Wildman–Crippen LogP) is 8.55. The van der Waals surface area contributed by atoms with Gasteiger partial charge in [0.05, 0.1) is 24.9 Å². The molecule has 0 bridgehead atoms. The van der Waals surface area contributed by atoms with Gasteiger partial charge in [0, 0.05) is 12.8 Å². The van der Waals surface area contributed by atoms with Gasteiger partial charge in [0.25, 0.3) is 0 Å². The fourth-order valence-electron chi connectivity index (χ4n) is 4.38. The molecule has 0 aliphatic rings. The van der Waals surface area contributed by atoms with Crippen molar-refractivity contribution in [1.29, 1.82) is 0 Å². The van der Waals surface area contributed by atoms with Crippen molar-refractivity contribution in [2.45, 2.75) is 123 Å². The van der Waals surface area contributed by atoms with Crippen LogP contribution in [0, 0.1) is 5.92 Å². The molecule has 0 aliphatic carbocycles. The van der Waals surface area contributed by atoms with Gasteiger partial charge in [-0.15, -0.1) is 0 Å². The first-order valence-corrected chi connectivity index (χ1v) is 16.6. The minimum absolute atomic E-state index is 0.0877. The maximum atomic E-state index is 11.9. The molecule has 0 aliphatic heterocycles. The van der Waals surface area contributed by atoms with Crippen LogP contribution in [-0.2, 0) is 4.43 Å². The molecule has 1 N–H and O–H groups in total. The summed E-state index contributed by atoms with van der Waals surface area (Å²) in [6, 6.07) is 7.71. The first-order valence-electron chi connectivity index (χ1n) is 13.6. The van der Waals surface area contributed by atoms with Crippen LogP contribution in [-0.4, -0.2) is 38.3 Å². The van der Waals surface area contributed by atoms with Gasteiger partial charge in [-0.2, -0.15) is 0 Å². The topological polar surface area (TPSA) is 47.9 Å². The fourth-order valence-corrected chi connectivity index (χ4v) is 6.08. The van der Waals surface area contributed by atoms with Crippen molar-refractivity contribution < 1.29 is 19.0 Å². The molecule has 5 heteroatoms. The normalized spacial score (nSPS) is 17.1. The summed E-state index contributed by atoms with van der Waals surface area (Å²) in [7, 11) is -0.416. The smallest absolute Gasteiger partial charge is 0.192 e. The molecule has 0 radical (unpaired) electrons. The third-order valence-electron chi connectivity index (χ3n) is 7.93. The lowest BCUT2D eigenvalue weighted by molar-refractivity contribution is -0.0773. The van der Waals surface area contributed by atoms with Gasteiger partial charge in [-0.05, 0) is 80.4 Å². The maximum absolute atomic E-state index is 11.9. The van der Waals surface area contributed by atoms with Crippen LogP contribution in [0.1, 0.15) is 93.4 Å². The quantitative estimate of drug-likeness (QED) is 0.180. The van der Waals surface area contributed by atoms with Gasteiger partial charge in [-0.3, -0.25) is 0 Å². The molecule has 0 amide bonds. The Labute approximate surface area is 217 Å². The Bertz CT molecular complexity index is 753. The predicted molar refractivity (Wildman–Crippen MR) is 152 cm³/mol. The number of benzene rings is 1. The van der Waals surface area contributed by atoms with Gasteiger partial charge in [-0.25, -0.2) is 0 Å². The zero-order chi connectivity index (χ0) is 26.8. The van der Waals surface area contributed by atoms with Crippen LogP contribution in [0.25, 0.3) is 0 Å². The van der Waals surface area contributed by atoms with E-state index in [0.29, 0.717) is 25.4 Å². The minimum atomic E-state index is -2.08. The average molecular weight is 507 g/mol. The van der Waals surface area contributed by atoms with Gasteiger partial charge in [0.1, 0.15) is 11.5 Å². The van der Waals surface area contributed by atoms with Crippen LogP contribution in [0.5, 0.6) is 11.5 Å². The zero-order valence-corrected chi connectivity index (χ0v) is 25.4. The first kappa shape index (κ1) is 31.7. The van der Waals surface area contributed by atoms with Crippen molar-refractivity contribution in [3.8, 4) is 11.5 Å². The third-order valence-corrected chi connectivity index (χ3v) is 12.5. The molecule has 0 saturated carbocycles. The largest absolute Gasteiger partial charge is 0.497 e. The highest BCUT2D eigenvalue weighted by Crippen LogP contribution is 2.44. The standard InChI is InChI=1S/C30H54O4Si/c1-11-15-16-25(12-2)23-29(31,13-3)24-30(14-4,34-35(9,10)28(5,6)7)21-22-33-27-19-17-26(32-8)18-20-27/h15-20,25,31H,11-14,21-24H2,1-10H3/b16-15+/t25-,29?,30-/m1/s1.